The van der Waals surface area contributed by atoms with E-state index in [1.54, 1.807) is 24.3 Å². The largest absolute Gasteiger partial charge is 0.449 e. The number of para-hydroxylation sites is 1. The van der Waals surface area contributed by atoms with Gasteiger partial charge in [-0.25, -0.2) is 4.79 Å². The van der Waals surface area contributed by atoms with Crippen LogP contribution in [0.3, 0.4) is 0 Å². The molecule has 1 aromatic heterocycles. The van der Waals surface area contributed by atoms with Crippen molar-refractivity contribution in [3.05, 3.63) is 36.1 Å². The summed E-state index contributed by atoms with van der Waals surface area (Å²) in [6.45, 7) is 0. The van der Waals surface area contributed by atoms with E-state index in [1.165, 1.54) is 6.07 Å². The summed E-state index contributed by atoms with van der Waals surface area (Å²) in [6, 6.07) is 8.21. The number of hydrogen-bond acceptors (Lipinski definition) is 5. The lowest BCUT2D eigenvalue weighted by molar-refractivity contribution is 0.0716. The standard InChI is InChI=1S/C9H7NO5S/c10-16(12,13)15-9(11)8-5-6-3-1-2-4-7(6)14-8/h1-5H,(H2,10,12,13). The molecule has 1 aromatic carbocycles. The highest BCUT2D eigenvalue weighted by molar-refractivity contribution is 7.84. The Labute approximate surface area is 90.9 Å². The minimum Gasteiger partial charge on any atom is -0.449 e. The van der Waals surface area contributed by atoms with Crippen LogP contribution >= 0.6 is 0 Å². The molecule has 0 spiro atoms. The minimum atomic E-state index is -4.32. The van der Waals surface area contributed by atoms with Crippen LogP contribution < -0.4 is 5.14 Å². The van der Waals surface area contributed by atoms with Gasteiger partial charge in [0, 0.05) is 5.39 Å². The Hall–Kier alpha value is -1.86. The smallest absolute Gasteiger partial charge is 0.390 e. The summed E-state index contributed by atoms with van der Waals surface area (Å²) in [5, 5.41) is 5.23. The quantitative estimate of drug-likeness (QED) is 0.837. The van der Waals surface area contributed by atoms with Crippen molar-refractivity contribution < 1.29 is 21.8 Å². The average Bonchev–Trinajstić information content (AvgIpc) is 2.58. The molecule has 0 aliphatic heterocycles. The maximum Gasteiger partial charge on any atom is 0.390 e. The first kappa shape index (κ1) is 10.7. The van der Waals surface area contributed by atoms with Gasteiger partial charge in [0.25, 0.3) is 0 Å². The number of nitrogens with two attached hydrogens (primary N) is 1. The van der Waals surface area contributed by atoms with Gasteiger partial charge in [-0.2, -0.15) is 13.6 Å². The molecule has 0 radical (unpaired) electrons. The predicted molar refractivity (Wildman–Crippen MR) is 54.7 cm³/mol. The molecule has 6 nitrogen and oxygen atoms in total. The summed E-state index contributed by atoms with van der Waals surface area (Å²) >= 11 is 0. The molecule has 16 heavy (non-hydrogen) atoms. The molecule has 0 bridgehead atoms. The fraction of sp³-hybridized carbons (Fsp3) is 0. The van der Waals surface area contributed by atoms with Gasteiger partial charge in [0.2, 0.25) is 5.76 Å². The zero-order valence-electron chi connectivity index (χ0n) is 7.91. The number of fused-ring (bicyclic) bond motifs is 1. The third kappa shape index (κ3) is 2.20. The van der Waals surface area contributed by atoms with E-state index < -0.39 is 16.3 Å². The minimum absolute atomic E-state index is 0.213. The molecule has 0 atom stereocenters. The number of rotatable bonds is 2. The van der Waals surface area contributed by atoms with Crippen LogP contribution in [0.15, 0.2) is 34.7 Å². The number of benzene rings is 1. The molecular weight excluding hydrogens is 234 g/mol. The highest BCUT2D eigenvalue weighted by Gasteiger charge is 2.18. The fourth-order valence-corrected chi connectivity index (χ4v) is 1.52. The van der Waals surface area contributed by atoms with Crippen LogP contribution in [0.5, 0.6) is 0 Å². The molecule has 0 aliphatic carbocycles. The van der Waals surface area contributed by atoms with Crippen molar-refractivity contribution in [2.24, 2.45) is 5.14 Å². The second-order valence-electron chi connectivity index (χ2n) is 3.01. The number of hydrogen-bond donors (Lipinski definition) is 1. The van der Waals surface area contributed by atoms with E-state index in [0.717, 1.165) is 0 Å². The second-order valence-corrected chi connectivity index (χ2v) is 4.16. The highest BCUT2D eigenvalue weighted by Crippen LogP contribution is 2.19. The van der Waals surface area contributed by atoms with Crippen molar-refractivity contribution in [3.8, 4) is 0 Å². The molecule has 0 fully saturated rings. The summed E-state index contributed by atoms with van der Waals surface area (Å²) in [5.41, 5.74) is 0.462. The Morgan fingerprint density at radius 3 is 2.62 bits per heavy atom. The van der Waals surface area contributed by atoms with Gasteiger partial charge in [-0.15, -0.1) is 0 Å². The predicted octanol–water partition coefficient (Wildman–Crippen LogP) is 0.793. The summed E-state index contributed by atoms with van der Waals surface area (Å²) < 4.78 is 30.1. The van der Waals surface area contributed by atoms with Gasteiger partial charge in [-0.1, -0.05) is 18.2 Å². The lowest BCUT2D eigenvalue weighted by atomic mass is 10.2. The first-order valence-corrected chi connectivity index (χ1v) is 5.68. The van der Waals surface area contributed by atoms with E-state index in [-0.39, 0.29) is 5.76 Å². The van der Waals surface area contributed by atoms with Crippen molar-refractivity contribution in [1.29, 1.82) is 0 Å². The third-order valence-electron chi connectivity index (χ3n) is 1.82. The summed E-state index contributed by atoms with van der Waals surface area (Å²) in [5.74, 6) is -1.35. The molecule has 1 heterocycles. The van der Waals surface area contributed by atoms with Crippen molar-refractivity contribution in [2.75, 3.05) is 0 Å². The first-order chi connectivity index (χ1) is 7.46. The fourth-order valence-electron chi connectivity index (χ4n) is 1.23. The molecule has 2 aromatic rings. The highest BCUT2D eigenvalue weighted by atomic mass is 32.2. The zero-order chi connectivity index (χ0) is 11.8. The normalized spacial score (nSPS) is 11.6. The first-order valence-electron chi connectivity index (χ1n) is 4.21. The van der Waals surface area contributed by atoms with E-state index in [9.17, 15) is 13.2 Å². The van der Waals surface area contributed by atoms with E-state index in [4.69, 9.17) is 4.42 Å². The average molecular weight is 241 g/mol. The van der Waals surface area contributed by atoms with Gasteiger partial charge < -0.3 is 8.60 Å². The Bertz CT molecular complexity index is 610. The van der Waals surface area contributed by atoms with Crippen LogP contribution in [-0.2, 0) is 14.5 Å². The maximum absolute atomic E-state index is 11.3. The lowest BCUT2D eigenvalue weighted by Gasteiger charge is -1.96. The van der Waals surface area contributed by atoms with E-state index >= 15 is 0 Å². The van der Waals surface area contributed by atoms with Gasteiger partial charge in [0.1, 0.15) is 5.58 Å². The Morgan fingerprint density at radius 1 is 1.31 bits per heavy atom. The molecule has 0 saturated carbocycles. The molecule has 84 valence electrons. The molecule has 0 unspecified atom stereocenters. The summed E-state index contributed by atoms with van der Waals surface area (Å²) in [7, 11) is -4.32. The van der Waals surface area contributed by atoms with Crippen molar-refractivity contribution >= 4 is 27.2 Å². The zero-order valence-corrected chi connectivity index (χ0v) is 8.73. The number of furan rings is 1. The Kier molecular flexibility index (Phi) is 2.41. The van der Waals surface area contributed by atoms with Crippen molar-refractivity contribution in [1.82, 2.24) is 0 Å². The molecule has 0 amide bonds. The van der Waals surface area contributed by atoms with Crippen LogP contribution in [-0.4, -0.2) is 14.4 Å². The molecular formula is C9H7NO5S. The summed E-state index contributed by atoms with van der Waals surface area (Å²) in [6.07, 6.45) is 0. The molecule has 7 heteroatoms. The van der Waals surface area contributed by atoms with Gasteiger partial charge in [-0.3, -0.25) is 0 Å². The van der Waals surface area contributed by atoms with Crippen LogP contribution in [0, 0.1) is 0 Å². The Balaban J connectivity index is 2.37. The monoisotopic (exact) mass is 241 g/mol. The van der Waals surface area contributed by atoms with Crippen molar-refractivity contribution in [2.45, 2.75) is 0 Å². The SMILES string of the molecule is NS(=O)(=O)OC(=O)c1cc2ccccc2o1. The number of carbonyl (C=O) groups excluding carboxylic acids is 1. The third-order valence-corrected chi connectivity index (χ3v) is 2.20. The van der Waals surface area contributed by atoms with Crippen LogP contribution in [0.4, 0.5) is 0 Å². The van der Waals surface area contributed by atoms with Gasteiger partial charge in [-0.05, 0) is 12.1 Å². The van der Waals surface area contributed by atoms with E-state index in [1.807, 2.05) is 0 Å². The maximum atomic E-state index is 11.3. The van der Waals surface area contributed by atoms with E-state index in [0.29, 0.717) is 11.0 Å². The topological polar surface area (TPSA) is 99.6 Å². The molecule has 2 N–H and O–H groups in total. The van der Waals surface area contributed by atoms with Gasteiger partial charge in [0.05, 0.1) is 0 Å². The molecule has 0 saturated heterocycles. The van der Waals surface area contributed by atoms with Gasteiger partial charge in [0.15, 0.2) is 0 Å². The number of carbonyl (C=O) groups is 1. The van der Waals surface area contributed by atoms with Crippen LogP contribution in [0.1, 0.15) is 10.6 Å². The van der Waals surface area contributed by atoms with E-state index in [2.05, 4.69) is 9.32 Å². The molecule has 0 aliphatic rings. The van der Waals surface area contributed by atoms with Crippen LogP contribution in [0.2, 0.25) is 0 Å². The van der Waals surface area contributed by atoms with Crippen LogP contribution in [0.25, 0.3) is 11.0 Å². The van der Waals surface area contributed by atoms with Gasteiger partial charge >= 0.3 is 16.3 Å². The lowest BCUT2D eigenvalue weighted by Crippen LogP contribution is -2.20. The second kappa shape index (κ2) is 3.62. The van der Waals surface area contributed by atoms with Crippen molar-refractivity contribution in [3.63, 3.8) is 0 Å². The summed E-state index contributed by atoms with van der Waals surface area (Å²) in [4.78, 5) is 11.3. The Morgan fingerprint density at radius 2 is 2.00 bits per heavy atom. The molecule has 2 rings (SSSR count).